The zero-order chi connectivity index (χ0) is 13.8. The summed E-state index contributed by atoms with van der Waals surface area (Å²) in [4.78, 5) is 11.9. The molecule has 4 nitrogen and oxygen atoms in total. The van der Waals surface area contributed by atoms with Crippen LogP contribution in [-0.4, -0.2) is 16.4 Å². The lowest BCUT2D eigenvalue weighted by molar-refractivity contribution is 0.335. The van der Waals surface area contributed by atoms with Gasteiger partial charge >= 0.3 is 0 Å². The first-order valence-corrected chi connectivity index (χ1v) is 6.51. The fourth-order valence-electron chi connectivity index (χ4n) is 1.65. The van der Waals surface area contributed by atoms with Crippen LogP contribution in [0.25, 0.3) is 0 Å². The minimum atomic E-state index is -0.416. The summed E-state index contributed by atoms with van der Waals surface area (Å²) in [7, 11) is 0. The molecule has 0 aliphatic heterocycles. The summed E-state index contributed by atoms with van der Waals surface area (Å²) in [6, 6.07) is 7.48. The summed E-state index contributed by atoms with van der Waals surface area (Å²) in [5, 5.41) is 4.10. The first kappa shape index (κ1) is 13.9. The van der Waals surface area contributed by atoms with Crippen LogP contribution in [0.15, 0.2) is 35.3 Å². The third-order valence-electron chi connectivity index (χ3n) is 2.53. The van der Waals surface area contributed by atoms with Crippen molar-refractivity contribution in [3.8, 4) is 5.75 Å². The van der Waals surface area contributed by atoms with Gasteiger partial charge in [-0.15, -0.1) is 0 Å². The SMILES string of the molecule is CCOc1ccccc1Cn1ncc(Cl)c(Cl)c1=O. The molecular formula is C13H12Cl2N2O2. The summed E-state index contributed by atoms with van der Waals surface area (Å²) in [6.45, 7) is 2.74. The number of ether oxygens (including phenoxy) is 1. The highest BCUT2D eigenvalue weighted by Crippen LogP contribution is 2.19. The normalized spacial score (nSPS) is 10.5. The molecule has 1 aromatic heterocycles. The van der Waals surface area contributed by atoms with Gasteiger partial charge in [-0.25, -0.2) is 4.68 Å². The van der Waals surface area contributed by atoms with Crippen molar-refractivity contribution in [3.05, 3.63) is 56.4 Å². The van der Waals surface area contributed by atoms with Crippen molar-refractivity contribution >= 4 is 23.2 Å². The van der Waals surface area contributed by atoms with Crippen molar-refractivity contribution < 1.29 is 4.74 Å². The van der Waals surface area contributed by atoms with Crippen LogP contribution < -0.4 is 10.3 Å². The lowest BCUT2D eigenvalue weighted by atomic mass is 10.2. The van der Waals surface area contributed by atoms with Crippen LogP contribution in [0.2, 0.25) is 10.0 Å². The monoisotopic (exact) mass is 298 g/mol. The molecule has 0 atom stereocenters. The van der Waals surface area contributed by atoms with Gasteiger partial charge in [-0.05, 0) is 13.0 Å². The quantitative estimate of drug-likeness (QED) is 0.871. The molecule has 0 aliphatic carbocycles. The molecule has 0 N–H and O–H groups in total. The molecule has 0 saturated heterocycles. The van der Waals surface area contributed by atoms with Gasteiger partial charge in [-0.2, -0.15) is 5.10 Å². The summed E-state index contributed by atoms with van der Waals surface area (Å²) in [6.07, 6.45) is 1.36. The summed E-state index contributed by atoms with van der Waals surface area (Å²) < 4.78 is 6.76. The molecule has 6 heteroatoms. The van der Waals surface area contributed by atoms with Gasteiger partial charge in [0.1, 0.15) is 10.8 Å². The molecule has 1 heterocycles. The van der Waals surface area contributed by atoms with Crippen LogP contribution in [0.4, 0.5) is 0 Å². The highest BCUT2D eigenvalue weighted by atomic mass is 35.5. The maximum atomic E-state index is 11.9. The van der Waals surface area contributed by atoms with E-state index in [2.05, 4.69) is 5.10 Å². The van der Waals surface area contributed by atoms with E-state index in [1.165, 1.54) is 10.9 Å². The summed E-state index contributed by atoms with van der Waals surface area (Å²) in [5.41, 5.74) is 0.442. The van der Waals surface area contributed by atoms with Crippen molar-refractivity contribution in [1.29, 1.82) is 0 Å². The Hall–Kier alpha value is -1.52. The highest BCUT2D eigenvalue weighted by molar-refractivity contribution is 6.41. The molecular weight excluding hydrogens is 287 g/mol. The maximum absolute atomic E-state index is 11.9. The molecule has 2 rings (SSSR count). The van der Waals surface area contributed by atoms with Crippen LogP contribution in [0.1, 0.15) is 12.5 Å². The van der Waals surface area contributed by atoms with E-state index >= 15 is 0 Å². The van der Waals surface area contributed by atoms with Gasteiger partial charge in [-0.1, -0.05) is 41.4 Å². The fraction of sp³-hybridized carbons (Fsp3) is 0.231. The van der Waals surface area contributed by atoms with Gasteiger partial charge in [0.25, 0.3) is 5.56 Å². The van der Waals surface area contributed by atoms with Crippen LogP contribution in [0.3, 0.4) is 0 Å². The average molecular weight is 299 g/mol. The average Bonchev–Trinajstić information content (AvgIpc) is 2.42. The van der Waals surface area contributed by atoms with Crippen LogP contribution in [-0.2, 0) is 6.54 Å². The Balaban J connectivity index is 2.37. The molecule has 0 aliphatic rings. The lowest BCUT2D eigenvalue weighted by Crippen LogP contribution is -2.24. The molecule has 0 saturated carbocycles. The van der Waals surface area contributed by atoms with E-state index in [1.54, 1.807) is 0 Å². The highest BCUT2D eigenvalue weighted by Gasteiger charge is 2.10. The number of benzene rings is 1. The number of rotatable bonds is 4. The van der Waals surface area contributed by atoms with Crippen LogP contribution in [0, 0.1) is 0 Å². The van der Waals surface area contributed by atoms with Gasteiger partial charge in [0, 0.05) is 5.56 Å². The molecule has 2 aromatic rings. The minimum Gasteiger partial charge on any atom is -0.494 e. The second-order valence-corrected chi connectivity index (χ2v) is 4.60. The molecule has 0 bridgehead atoms. The molecule has 0 unspecified atom stereocenters. The van der Waals surface area contributed by atoms with Crippen molar-refractivity contribution in [2.24, 2.45) is 0 Å². The molecule has 0 amide bonds. The van der Waals surface area contributed by atoms with E-state index < -0.39 is 5.56 Å². The molecule has 0 radical (unpaired) electrons. The Morgan fingerprint density at radius 1 is 1.32 bits per heavy atom. The third kappa shape index (κ3) is 3.08. The fourth-order valence-corrected chi connectivity index (χ4v) is 1.92. The van der Waals surface area contributed by atoms with Gasteiger partial charge in [-0.3, -0.25) is 4.79 Å². The van der Waals surface area contributed by atoms with Crippen LogP contribution in [0.5, 0.6) is 5.75 Å². The van der Waals surface area contributed by atoms with E-state index in [0.29, 0.717) is 6.61 Å². The Labute approximate surface area is 120 Å². The molecule has 1 aromatic carbocycles. The standard InChI is InChI=1S/C13H12Cl2N2O2/c1-2-19-11-6-4-3-5-9(11)8-17-13(18)12(15)10(14)7-16-17/h3-7H,2,8H2,1H3. The van der Waals surface area contributed by atoms with Crippen molar-refractivity contribution in [1.82, 2.24) is 9.78 Å². The van der Waals surface area contributed by atoms with Crippen molar-refractivity contribution in [2.45, 2.75) is 13.5 Å². The molecule has 19 heavy (non-hydrogen) atoms. The number of nitrogens with zero attached hydrogens (tertiary/aromatic N) is 2. The van der Waals surface area contributed by atoms with Crippen LogP contribution >= 0.6 is 23.2 Å². The smallest absolute Gasteiger partial charge is 0.287 e. The van der Waals surface area contributed by atoms with Gasteiger partial charge in [0.05, 0.1) is 24.4 Å². The Kier molecular flexibility index (Phi) is 4.45. The Bertz CT molecular complexity index is 641. The Morgan fingerprint density at radius 2 is 2.05 bits per heavy atom. The largest absolute Gasteiger partial charge is 0.494 e. The second kappa shape index (κ2) is 6.08. The minimum absolute atomic E-state index is 0.0226. The van der Waals surface area contributed by atoms with Gasteiger partial charge in [0.2, 0.25) is 0 Å². The van der Waals surface area contributed by atoms with E-state index in [1.807, 2.05) is 31.2 Å². The van der Waals surface area contributed by atoms with Gasteiger partial charge in [0.15, 0.2) is 0 Å². The number of hydrogen-bond acceptors (Lipinski definition) is 3. The number of aromatic nitrogens is 2. The van der Waals surface area contributed by atoms with Crippen molar-refractivity contribution in [3.63, 3.8) is 0 Å². The Morgan fingerprint density at radius 3 is 2.79 bits per heavy atom. The number of para-hydroxylation sites is 1. The molecule has 100 valence electrons. The van der Waals surface area contributed by atoms with E-state index in [-0.39, 0.29) is 16.6 Å². The van der Waals surface area contributed by atoms with Crippen molar-refractivity contribution in [2.75, 3.05) is 6.61 Å². The first-order chi connectivity index (χ1) is 9.13. The predicted molar refractivity (Wildman–Crippen MR) is 75.2 cm³/mol. The lowest BCUT2D eigenvalue weighted by Gasteiger charge is -2.11. The maximum Gasteiger partial charge on any atom is 0.287 e. The van der Waals surface area contributed by atoms with Gasteiger partial charge < -0.3 is 4.74 Å². The first-order valence-electron chi connectivity index (χ1n) is 5.75. The molecule has 0 spiro atoms. The topological polar surface area (TPSA) is 44.1 Å². The number of halogens is 2. The second-order valence-electron chi connectivity index (χ2n) is 3.81. The van der Waals surface area contributed by atoms with E-state index in [0.717, 1.165) is 11.3 Å². The summed E-state index contributed by atoms with van der Waals surface area (Å²) >= 11 is 11.6. The molecule has 0 fully saturated rings. The zero-order valence-corrected chi connectivity index (χ0v) is 11.8. The number of hydrogen-bond donors (Lipinski definition) is 0. The van der Waals surface area contributed by atoms with E-state index in [9.17, 15) is 4.79 Å². The third-order valence-corrected chi connectivity index (χ3v) is 3.28. The van der Waals surface area contributed by atoms with E-state index in [4.69, 9.17) is 27.9 Å². The predicted octanol–water partition coefficient (Wildman–Crippen LogP) is 3.00. The summed E-state index contributed by atoms with van der Waals surface area (Å²) in [5.74, 6) is 0.727. The zero-order valence-electron chi connectivity index (χ0n) is 10.3.